The van der Waals surface area contributed by atoms with Gasteiger partial charge in [0.25, 0.3) is 0 Å². The van der Waals surface area contributed by atoms with E-state index in [0.29, 0.717) is 0 Å². The minimum atomic E-state index is 0.815. The zero-order chi connectivity index (χ0) is 19.9. The van der Waals surface area contributed by atoms with E-state index in [9.17, 15) is 0 Å². The predicted octanol–water partition coefficient (Wildman–Crippen LogP) is 3.51. The second kappa shape index (κ2) is 9.62. The Morgan fingerprint density at radius 2 is 1.57 bits per heavy atom. The van der Waals surface area contributed by atoms with Crippen molar-refractivity contribution in [3.8, 4) is 0 Å². The van der Waals surface area contributed by atoms with Crippen molar-refractivity contribution in [1.29, 1.82) is 0 Å². The van der Waals surface area contributed by atoms with Gasteiger partial charge in [0.05, 0.1) is 12.2 Å². The van der Waals surface area contributed by atoms with E-state index in [1.54, 1.807) is 0 Å². The molecule has 5 heteroatoms. The van der Waals surface area contributed by atoms with Crippen LogP contribution in [0, 0.1) is 13.8 Å². The van der Waals surface area contributed by atoms with Gasteiger partial charge in [0.2, 0.25) is 0 Å². The number of pyridine rings is 1. The first kappa shape index (κ1) is 20.2. The van der Waals surface area contributed by atoms with E-state index in [1.165, 1.54) is 22.4 Å². The minimum absolute atomic E-state index is 0.815. The highest BCUT2D eigenvalue weighted by atomic mass is 15.3. The van der Waals surface area contributed by atoms with E-state index >= 15 is 0 Å². The Hall–Kier alpha value is -2.50. The lowest BCUT2D eigenvalue weighted by Crippen LogP contribution is -2.31. The second-order valence-electron chi connectivity index (χ2n) is 7.66. The van der Waals surface area contributed by atoms with Crippen molar-refractivity contribution in [2.45, 2.75) is 33.5 Å². The molecule has 0 N–H and O–H groups in total. The molecule has 0 radical (unpaired) electrons. The van der Waals surface area contributed by atoms with Crippen molar-refractivity contribution in [3.05, 3.63) is 82.9 Å². The van der Waals surface area contributed by atoms with E-state index in [1.807, 2.05) is 12.4 Å². The quantitative estimate of drug-likeness (QED) is 0.572. The summed E-state index contributed by atoms with van der Waals surface area (Å²) in [6, 6.07) is 14.7. The summed E-state index contributed by atoms with van der Waals surface area (Å²) in [6.07, 6.45) is 3.74. The van der Waals surface area contributed by atoms with Gasteiger partial charge in [-0.3, -0.25) is 14.6 Å². The molecule has 0 spiro atoms. The molecule has 0 unspecified atom stereocenters. The monoisotopic (exact) mass is 377 g/mol. The van der Waals surface area contributed by atoms with Gasteiger partial charge in [-0.25, -0.2) is 0 Å². The van der Waals surface area contributed by atoms with Gasteiger partial charge in [-0.2, -0.15) is 5.10 Å². The fraction of sp³-hybridized carbons (Fsp3) is 0.391. The lowest BCUT2D eigenvalue weighted by atomic mass is 10.1. The molecule has 0 aliphatic rings. The van der Waals surface area contributed by atoms with Crippen molar-refractivity contribution in [3.63, 3.8) is 0 Å². The summed E-state index contributed by atoms with van der Waals surface area (Å²) in [5.74, 6) is 0. The van der Waals surface area contributed by atoms with Crippen LogP contribution in [-0.4, -0.2) is 51.7 Å². The number of rotatable bonds is 9. The van der Waals surface area contributed by atoms with Crippen LogP contribution in [0.4, 0.5) is 0 Å². The van der Waals surface area contributed by atoms with E-state index in [4.69, 9.17) is 5.10 Å². The third kappa shape index (κ3) is 5.50. The Bertz CT molecular complexity index is 855. The Morgan fingerprint density at radius 3 is 2.25 bits per heavy atom. The average Bonchev–Trinajstić information content (AvgIpc) is 2.95. The van der Waals surface area contributed by atoms with Gasteiger partial charge in [0.1, 0.15) is 0 Å². The average molecular weight is 378 g/mol. The Labute approximate surface area is 168 Å². The van der Waals surface area contributed by atoms with Crippen molar-refractivity contribution < 1.29 is 0 Å². The van der Waals surface area contributed by atoms with E-state index < -0.39 is 0 Å². The van der Waals surface area contributed by atoms with Crippen molar-refractivity contribution >= 4 is 0 Å². The zero-order valence-electron chi connectivity index (χ0n) is 17.5. The molecule has 2 heterocycles. The summed E-state index contributed by atoms with van der Waals surface area (Å²) >= 11 is 0. The maximum Gasteiger partial charge on any atom is 0.0662 e. The van der Waals surface area contributed by atoms with Crippen LogP contribution in [0.15, 0.2) is 54.9 Å². The van der Waals surface area contributed by atoms with Gasteiger partial charge in [-0.15, -0.1) is 0 Å². The molecule has 0 fully saturated rings. The fourth-order valence-electron chi connectivity index (χ4n) is 3.40. The van der Waals surface area contributed by atoms with E-state index in [-0.39, 0.29) is 0 Å². The van der Waals surface area contributed by atoms with Gasteiger partial charge in [-0.05, 0) is 51.2 Å². The highest BCUT2D eigenvalue weighted by molar-refractivity contribution is 5.26. The Balaban J connectivity index is 1.77. The van der Waals surface area contributed by atoms with Crippen molar-refractivity contribution in [1.82, 2.24) is 24.6 Å². The lowest BCUT2D eigenvalue weighted by molar-refractivity contribution is 0.225. The van der Waals surface area contributed by atoms with Gasteiger partial charge in [0.15, 0.2) is 0 Å². The van der Waals surface area contributed by atoms with Crippen LogP contribution in [0.2, 0.25) is 0 Å². The number of hydrogen-bond donors (Lipinski definition) is 0. The Kier molecular flexibility index (Phi) is 6.95. The van der Waals surface area contributed by atoms with Crippen LogP contribution >= 0.6 is 0 Å². The number of aromatic nitrogens is 3. The van der Waals surface area contributed by atoms with Crippen molar-refractivity contribution in [2.75, 3.05) is 27.2 Å². The first-order valence-corrected chi connectivity index (χ1v) is 9.85. The highest BCUT2D eigenvalue weighted by Gasteiger charge is 2.16. The third-order valence-corrected chi connectivity index (χ3v) is 5.11. The topological polar surface area (TPSA) is 37.2 Å². The molecule has 28 heavy (non-hydrogen) atoms. The molecule has 0 amide bonds. The van der Waals surface area contributed by atoms with Gasteiger partial charge in [0, 0.05) is 49.8 Å². The summed E-state index contributed by atoms with van der Waals surface area (Å²) in [5, 5.41) is 4.83. The van der Waals surface area contributed by atoms with Crippen LogP contribution in [0.5, 0.6) is 0 Å². The molecule has 5 nitrogen and oxygen atoms in total. The second-order valence-corrected chi connectivity index (χ2v) is 7.66. The third-order valence-electron chi connectivity index (χ3n) is 5.11. The number of likely N-dealkylation sites (N-methyl/N-ethyl adjacent to an activating group) is 1. The van der Waals surface area contributed by atoms with Crippen LogP contribution < -0.4 is 0 Å². The molecule has 0 bridgehead atoms. The maximum absolute atomic E-state index is 4.83. The number of nitrogens with zero attached hydrogens (tertiary/aromatic N) is 5. The SMILES string of the molecule is Cc1nn(Cc2ccccc2)c(C)c1CN(CCN(C)C)Cc1ccncc1. The number of benzene rings is 1. The van der Waals surface area contributed by atoms with Crippen LogP contribution in [0.25, 0.3) is 0 Å². The minimum Gasteiger partial charge on any atom is -0.308 e. The summed E-state index contributed by atoms with van der Waals surface area (Å²) in [5.41, 5.74) is 6.29. The number of aryl methyl sites for hydroxylation is 1. The molecule has 0 saturated heterocycles. The molecule has 2 aromatic heterocycles. The molecule has 1 aromatic carbocycles. The first-order chi connectivity index (χ1) is 13.5. The molecule has 0 aliphatic carbocycles. The maximum atomic E-state index is 4.83. The fourth-order valence-corrected chi connectivity index (χ4v) is 3.40. The van der Waals surface area contributed by atoms with E-state index in [2.05, 4.69) is 89.9 Å². The summed E-state index contributed by atoms with van der Waals surface area (Å²) < 4.78 is 2.14. The van der Waals surface area contributed by atoms with Crippen LogP contribution in [-0.2, 0) is 19.6 Å². The summed E-state index contributed by atoms with van der Waals surface area (Å²) in [7, 11) is 4.25. The summed E-state index contributed by atoms with van der Waals surface area (Å²) in [6.45, 7) is 8.99. The molecule has 148 valence electrons. The van der Waals surface area contributed by atoms with Gasteiger partial charge in [-0.1, -0.05) is 30.3 Å². The highest BCUT2D eigenvalue weighted by Crippen LogP contribution is 2.18. The lowest BCUT2D eigenvalue weighted by Gasteiger charge is -2.24. The van der Waals surface area contributed by atoms with E-state index in [0.717, 1.165) is 38.4 Å². The molecule has 3 aromatic rings. The smallest absolute Gasteiger partial charge is 0.0662 e. The molecule has 0 atom stereocenters. The molecule has 3 rings (SSSR count). The predicted molar refractivity (Wildman–Crippen MR) is 114 cm³/mol. The molecule has 0 aliphatic heterocycles. The molecular formula is C23H31N5. The largest absolute Gasteiger partial charge is 0.308 e. The normalized spacial score (nSPS) is 11.5. The van der Waals surface area contributed by atoms with Crippen LogP contribution in [0.1, 0.15) is 28.1 Å². The zero-order valence-corrected chi connectivity index (χ0v) is 17.5. The van der Waals surface area contributed by atoms with Gasteiger partial charge < -0.3 is 4.90 Å². The molecular weight excluding hydrogens is 346 g/mol. The number of hydrogen-bond acceptors (Lipinski definition) is 4. The van der Waals surface area contributed by atoms with Crippen molar-refractivity contribution in [2.24, 2.45) is 0 Å². The van der Waals surface area contributed by atoms with Crippen LogP contribution in [0.3, 0.4) is 0 Å². The molecule has 0 saturated carbocycles. The standard InChI is InChI=1S/C23H31N5/c1-19-23(20(2)28(25-19)17-21-8-6-5-7-9-21)18-27(15-14-26(3)4)16-22-10-12-24-13-11-22/h5-13H,14-18H2,1-4H3. The summed E-state index contributed by atoms with van der Waals surface area (Å²) in [4.78, 5) is 8.88. The first-order valence-electron chi connectivity index (χ1n) is 9.85. The van der Waals surface area contributed by atoms with Gasteiger partial charge >= 0.3 is 0 Å². The Morgan fingerprint density at radius 1 is 0.857 bits per heavy atom.